The maximum atomic E-state index is 12.5. The minimum absolute atomic E-state index is 0.00466. The summed E-state index contributed by atoms with van der Waals surface area (Å²) < 4.78 is 0. The lowest BCUT2D eigenvalue weighted by Gasteiger charge is -2.22. The Bertz CT molecular complexity index is 598. The lowest BCUT2D eigenvalue weighted by Crippen LogP contribution is -2.34. The summed E-state index contributed by atoms with van der Waals surface area (Å²) in [6.07, 6.45) is 1.60. The van der Waals surface area contributed by atoms with Crippen LogP contribution in [0.25, 0.3) is 0 Å². The first kappa shape index (κ1) is 17.5. The SMILES string of the molecule is CC(=O)N1CCc2cc(C(=O)N(C)CCC(N)C(C)C)ccc21. The van der Waals surface area contributed by atoms with E-state index in [1.807, 2.05) is 19.2 Å². The molecule has 0 radical (unpaired) electrons. The number of carbonyl (C=O) groups excluding carboxylic acids is 2. The van der Waals surface area contributed by atoms with Gasteiger partial charge in [0.05, 0.1) is 0 Å². The molecule has 126 valence electrons. The molecule has 2 N–H and O–H groups in total. The van der Waals surface area contributed by atoms with Crippen LogP contribution in [0.15, 0.2) is 18.2 Å². The van der Waals surface area contributed by atoms with Gasteiger partial charge in [-0.25, -0.2) is 0 Å². The van der Waals surface area contributed by atoms with E-state index in [2.05, 4.69) is 13.8 Å². The van der Waals surface area contributed by atoms with E-state index in [-0.39, 0.29) is 17.9 Å². The Morgan fingerprint density at radius 3 is 2.65 bits per heavy atom. The van der Waals surface area contributed by atoms with Gasteiger partial charge in [-0.3, -0.25) is 9.59 Å². The summed E-state index contributed by atoms with van der Waals surface area (Å²) in [6.45, 7) is 7.09. The van der Waals surface area contributed by atoms with Crippen molar-refractivity contribution in [3.63, 3.8) is 0 Å². The largest absolute Gasteiger partial charge is 0.342 e. The van der Waals surface area contributed by atoms with Crippen LogP contribution in [0.2, 0.25) is 0 Å². The first-order valence-electron chi connectivity index (χ1n) is 8.23. The summed E-state index contributed by atoms with van der Waals surface area (Å²) >= 11 is 0. The predicted molar refractivity (Wildman–Crippen MR) is 92.6 cm³/mol. The molecular formula is C18H27N3O2. The molecule has 1 aliphatic rings. The average Bonchev–Trinajstić information content (AvgIpc) is 2.94. The fourth-order valence-corrected chi connectivity index (χ4v) is 2.86. The van der Waals surface area contributed by atoms with E-state index in [0.717, 1.165) is 24.1 Å². The topological polar surface area (TPSA) is 66.6 Å². The van der Waals surface area contributed by atoms with Crippen LogP contribution in [-0.4, -0.2) is 42.9 Å². The van der Waals surface area contributed by atoms with Crippen molar-refractivity contribution in [1.29, 1.82) is 0 Å². The molecule has 2 amide bonds. The fraction of sp³-hybridized carbons (Fsp3) is 0.556. The Morgan fingerprint density at radius 2 is 2.04 bits per heavy atom. The maximum absolute atomic E-state index is 12.5. The second-order valence-corrected chi connectivity index (χ2v) is 6.69. The van der Waals surface area contributed by atoms with Gasteiger partial charge in [-0.2, -0.15) is 0 Å². The number of fused-ring (bicyclic) bond motifs is 1. The smallest absolute Gasteiger partial charge is 0.253 e. The standard InChI is InChI=1S/C18H27N3O2/c1-12(2)16(19)8-9-20(4)18(23)15-5-6-17-14(11-15)7-10-21(17)13(3)22/h5-6,11-12,16H,7-10,19H2,1-4H3. The van der Waals surface area contributed by atoms with Crippen molar-refractivity contribution in [1.82, 2.24) is 4.90 Å². The molecule has 1 atom stereocenters. The van der Waals surface area contributed by atoms with E-state index in [0.29, 0.717) is 24.6 Å². The van der Waals surface area contributed by atoms with Gasteiger partial charge in [0.15, 0.2) is 0 Å². The molecule has 0 bridgehead atoms. The molecule has 0 saturated carbocycles. The Hall–Kier alpha value is -1.88. The van der Waals surface area contributed by atoms with E-state index in [1.54, 1.807) is 22.8 Å². The van der Waals surface area contributed by atoms with E-state index >= 15 is 0 Å². The Morgan fingerprint density at radius 1 is 1.35 bits per heavy atom. The quantitative estimate of drug-likeness (QED) is 0.904. The predicted octanol–water partition coefficient (Wildman–Crippen LogP) is 2.04. The van der Waals surface area contributed by atoms with Crippen molar-refractivity contribution >= 4 is 17.5 Å². The summed E-state index contributed by atoms with van der Waals surface area (Å²) in [6, 6.07) is 5.71. The zero-order valence-electron chi connectivity index (χ0n) is 14.5. The van der Waals surface area contributed by atoms with E-state index in [4.69, 9.17) is 5.73 Å². The van der Waals surface area contributed by atoms with Crippen molar-refractivity contribution < 1.29 is 9.59 Å². The molecule has 5 nitrogen and oxygen atoms in total. The molecule has 2 rings (SSSR count). The number of nitrogens with two attached hydrogens (primary N) is 1. The van der Waals surface area contributed by atoms with Gasteiger partial charge in [0.2, 0.25) is 5.91 Å². The van der Waals surface area contributed by atoms with Gasteiger partial charge >= 0.3 is 0 Å². The number of benzene rings is 1. The van der Waals surface area contributed by atoms with Gasteiger partial charge in [0.1, 0.15) is 0 Å². The summed E-state index contributed by atoms with van der Waals surface area (Å²) in [5, 5.41) is 0. The van der Waals surface area contributed by atoms with Crippen LogP contribution < -0.4 is 10.6 Å². The van der Waals surface area contributed by atoms with Crippen LogP contribution in [-0.2, 0) is 11.2 Å². The highest BCUT2D eigenvalue weighted by molar-refractivity contribution is 5.97. The van der Waals surface area contributed by atoms with Crippen molar-refractivity contribution in [3.05, 3.63) is 29.3 Å². The van der Waals surface area contributed by atoms with Crippen molar-refractivity contribution in [2.45, 2.75) is 39.7 Å². The molecule has 1 aromatic rings. The Balaban J connectivity index is 2.05. The average molecular weight is 317 g/mol. The molecule has 0 aromatic heterocycles. The highest BCUT2D eigenvalue weighted by atomic mass is 16.2. The molecule has 5 heteroatoms. The number of anilines is 1. The van der Waals surface area contributed by atoms with Gasteiger partial charge in [-0.15, -0.1) is 0 Å². The fourth-order valence-electron chi connectivity index (χ4n) is 2.86. The van der Waals surface area contributed by atoms with Crippen LogP contribution in [0.5, 0.6) is 0 Å². The molecular weight excluding hydrogens is 290 g/mol. The third-order valence-corrected chi connectivity index (χ3v) is 4.60. The van der Waals surface area contributed by atoms with Crippen molar-refractivity contribution in [2.75, 3.05) is 25.0 Å². The Kier molecular flexibility index (Phi) is 5.42. The molecule has 1 unspecified atom stereocenters. The van der Waals surface area contributed by atoms with E-state index in [9.17, 15) is 9.59 Å². The second-order valence-electron chi connectivity index (χ2n) is 6.69. The van der Waals surface area contributed by atoms with Gasteiger partial charge in [0, 0.05) is 44.4 Å². The number of nitrogens with zero attached hydrogens (tertiary/aromatic N) is 2. The summed E-state index contributed by atoms with van der Waals surface area (Å²) in [5.74, 6) is 0.462. The molecule has 0 fully saturated rings. The molecule has 23 heavy (non-hydrogen) atoms. The third kappa shape index (κ3) is 3.91. The van der Waals surface area contributed by atoms with Crippen LogP contribution in [0.1, 0.15) is 43.1 Å². The highest BCUT2D eigenvalue weighted by Gasteiger charge is 2.24. The summed E-state index contributed by atoms with van der Waals surface area (Å²) in [7, 11) is 1.81. The summed E-state index contributed by atoms with van der Waals surface area (Å²) in [5.41, 5.74) is 8.72. The number of rotatable bonds is 5. The number of amides is 2. The lowest BCUT2D eigenvalue weighted by atomic mass is 10.0. The molecule has 0 aliphatic carbocycles. The van der Waals surface area contributed by atoms with Crippen LogP contribution in [0.3, 0.4) is 0 Å². The van der Waals surface area contributed by atoms with Gasteiger partial charge in [-0.05, 0) is 42.5 Å². The monoisotopic (exact) mass is 317 g/mol. The van der Waals surface area contributed by atoms with E-state index < -0.39 is 0 Å². The van der Waals surface area contributed by atoms with Gasteiger partial charge in [0.25, 0.3) is 5.91 Å². The number of hydrogen-bond donors (Lipinski definition) is 1. The summed E-state index contributed by atoms with van der Waals surface area (Å²) in [4.78, 5) is 27.6. The number of hydrogen-bond acceptors (Lipinski definition) is 3. The van der Waals surface area contributed by atoms with Crippen LogP contribution in [0.4, 0.5) is 5.69 Å². The zero-order chi connectivity index (χ0) is 17.1. The van der Waals surface area contributed by atoms with Crippen molar-refractivity contribution in [2.24, 2.45) is 11.7 Å². The highest BCUT2D eigenvalue weighted by Crippen LogP contribution is 2.29. The van der Waals surface area contributed by atoms with Crippen LogP contribution >= 0.6 is 0 Å². The molecule has 1 aromatic carbocycles. The molecule has 1 heterocycles. The van der Waals surface area contributed by atoms with Crippen LogP contribution in [0, 0.1) is 5.92 Å². The minimum atomic E-state index is 0.00466. The lowest BCUT2D eigenvalue weighted by molar-refractivity contribution is -0.116. The maximum Gasteiger partial charge on any atom is 0.253 e. The van der Waals surface area contributed by atoms with Gasteiger partial charge < -0.3 is 15.5 Å². The third-order valence-electron chi connectivity index (χ3n) is 4.60. The molecule has 1 aliphatic heterocycles. The number of carbonyl (C=O) groups is 2. The molecule has 0 spiro atoms. The van der Waals surface area contributed by atoms with Gasteiger partial charge in [-0.1, -0.05) is 13.8 Å². The van der Waals surface area contributed by atoms with E-state index in [1.165, 1.54) is 0 Å². The second kappa shape index (κ2) is 7.13. The normalized spacial score (nSPS) is 14.8. The zero-order valence-corrected chi connectivity index (χ0v) is 14.5. The molecule has 0 saturated heterocycles. The first-order valence-corrected chi connectivity index (χ1v) is 8.23. The van der Waals surface area contributed by atoms with Crippen molar-refractivity contribution in [3.8, 4) is 0 Å². The Labute approximate surface area is 138 Å². The first-order chi connectivity index (χ1) is 10.8. The minimum Gasteiger partial charge on any atom is -0.342 e.